The first-order chi connectivity index (χ1) is 11.8. The largest absolute Gasteiger partial charge is 0.303 e. The number of hydrogen-bond acceptors (Lipinski definition) is 5. The molecule has 1 aliphatic heterocycles. The van der Waals surface area contributed by atoms with Crippen LogP contribution in [0.2, 0.25) is 0 Å². The van der Waals surface area contributed by atoms with Gasteiger partial charge in [0.15, 0.2) is 5.82 Å². The van der Waals surface area contributed by atoms with E-state index in [1.807, 2.05) is 54.2 Å². The first-order valence-electron chi connectivity index (χ1n) is 8.18. The van der Waals surface area contributed by atoms with Gasteiger partial charge < -0.3 is 5.32 Å². The Hall–Kier alpha value is -2.57. The van der Waals surface area contributed by atoms with Gasteiger partial charge in [0.05, 0.1) is 5.69 Å². The van der Waals surface area contributed by atoms with Gasteiger partial charge in [-0.3, -0.25) is 10.3 Å². The predicted octanol–water partition coefficient (Wildman–Crippen LogP) is 1.70. The number of hydrogen-bond donors (Lipinski definition) is 2. The fourth-order valence-corrected chi connectivity index (χ4v) is 2.98. The number of pyridine rings is 1. The van der Waals surface area contributed by atoms with Gasteiger partial charge in [-0.25, -0.2) is 9.67 Å². The molecular formula is C18H20N6. The minimum absolute atomic E-state index is 0.374. The summed E-state index contributed by atoms with van der Waals surface area (Å²) in [6.45, 7) is 3.84. The molecule has 0 aliphatic carbocycles. The van der Waals surface area contributed by atoms with Crippen molar-refractivity contribution in [2.45, 2.75) is 19.4 Å². The van der Waals surface area contributed by atoms with E-state index in [1.165, 1.54) is 0 Å². The number of benzene rings is 1. The highest BCUT2D eigenvalue weighted by atomic mass is 15.4. The maximum absolute atomic E-state index is 4.83. The normalized spacial score (nSPS) is 17.3. The van der Waals surface area contributed by atoms with Crippen molar-refractivity contribution in [3.8, 4) is 17.1 Å². The fourth-order valence-electron chi connectivity index (χ4n) is 2.98. The van der Waals surface area contributed by atoms with Gasteiger partial charge in [0.1, 0.15) is 5.82 Å². The van der Waals surface area contributed by atoms with Gasteiger partial charge in [-0.05, 0) is 18.6 Å². The second-order valence-corrected chi connectivity index (χ2v) is 6.03. The van der Waals surface area contributed by atoms with Crippen LogP contribution in [0.3, 0.4) is 0 Å². The first kappa shape index (κ1) is 15.0. The van der Waals surface area contributed by atoms with Gasteiger partial charge in [0.2, 0.25) is 0 Å². The van der Waals surface area contributed by atoms with Crippen molar-refractivity contribution < 1.29 is 0 Å². The van der Waals surface area contributed by atoms with Crippen molar-refractivity contribution in [3.05, 3.63) is 60.2 Å². The third-order valence-electron chi connectivity index (χ3n) is 4.26. The summed E-state index contributed by atoms with van der Waals surface area (Å²) in [5.74, 6) is 1.72. The Morgan fingerprint density at radius 1 is 1.21 bits per heavy atom. The highest BCUT2D eigenvalue weighted by Crippen LogP contribution is 2.20. The van der Waals surface area contributed by atoms with Crippen molar-refractivity contribution in [2.24, 2.45) is 0 Å². The molecular weight excluding hydrogens is 300 g/mol. The highest BCUT2D eigenvalue weighted by molar-refractivity contribution is 5.55. The van der Waals surface area contributed by atoms with Crippen LogP contribution < -0.4 is 10.6 Å². The van der Waals surface area contributed by atoms with E-state index in [4.69, 9.17) is 10.1 Å². The summed E-state index contributed by atoms with van der Waals surface area (Å²) in [4.78, 5) is 9.01. The molecule has 1 atom stereocenters. The topological polar surface area (TPSA) is 67.7 Å². The van der Waals surface area contributed by atoms with Crippen LogP contribution in [0.1, 0.15) is 11.4 Å². The smallest absolute Gasteiger partial charge is 0.181 e. The lowest BCUT2D eigenvalue weighted by molar-refractivity contribution is 0.597. The average Bonchev–Trinajstić information content (AvgIpc) is 3.27. The molecule has 1 unspecified atom stereocenters. The molecule has 1 aliphatic rings. The van der Waals surface area contributed by atoms with E-state index in [0.717, 1.165) is 48.1 Å². The molecule has 1 aromatic carbocycles. The van der Waals surface area contributed by atoms with Gasteiger partial charge in [0, 0.05) is 43.6 Å². The van der Waals surface area contributed by atoms with Crippen molar-refractivity contribution in [3.63, 3.8) is 0 Å². The third-order valence-corrected chi connectivity index (χ3v) is 4.26. The summed E-state index contributed by atoms with van der Waals surface area (Å²) in [7, 11) is 0. The van der Waals surface area contributed by atoms with Crippen molar-refractivity contribution >= 4 is 0 Å². The van der Waals surface area contributed by atoms with Gasteiger partial charge in [-0.2, -0.15) is 0 Å². The summed E-state index contributed by atoms with van der Waals surface area (Å²) in [6, 6.07) is 12.5. The molecule has 0 radical (unpaired) electrons. The van der Waals surface area contributed by atoms with E-state index in [1.54, 1.807) is 6.20 Å². The van der Waals surface area contributed by atoms with E-state index in [9.17, 15) is 0 Å². The van der Waals surface area contributed by atoms with E-state index in [-0.39, 0.29) is 0 Å². The zero-order valence-electron chi connectivity index (χ0n) is 13.6. The van der Waals surface area contributed by atoms with Gasteiger partial charge in [0.25, 0.3) is 0 Å². The lowest BCUT2D eigenvalue weighted by atomic mass is 10.2. The van der Waals surface area contributed by atoms with E-state index in [2.05, 4.69) is 15.6 Å². The van der Waals surface area contributed by atoms with Gasteiger partial charge in [-0.1, -0.05) is 30.3 Å². The molecule has 122 valence electrons. The van der Waals surface area contributed by atoms with Crippen molar-refractivity contribution in [1.29, 1.82) is 0 Å². The molecule has 1 saturated heterocycles. The van der Waals surface area contributed by atoms with Crippen molar-refractivity contribution in [1.82, 2.24) is 30.4 Å². The lowest BCUT2D eigenvalue weighted by Gasteiger charge is -2.11. The number of nitrogens with zero attached hydrogens (tertiary/aromatic N) is 4. The van der Waals surface area contributed by atoms with Crippen LogP contribution in [0.5, 0.6) is 0 Å². The molecule has 6 nitrogen and oxygen atoms in total. The molecule has 4 rings (SSSR count). The van der Waals surface area contributed by atoms with Crippen molar-refractivity contribution in [2.75, 3.05) is 13.2 Å². The second kappa shape index (κ2) is 6.51. The number of aryl methyl sites for hydroxylation is 1. The van der Waals surface area contributed by atoms with E-state index < -0.39 is 0 Å². The first-order valence-corrected chi connectivity index (χ1v) is 8.18. The standard InChI is InChI=1S/C18H20N6/c1-13-10-19-8-7-16(13)24-17(9-15-11-20-12-21-15)22-18(23-24)14-5-3-2-4-6-14/h2-8,10,15,20-21H,9,11-12H2,1H3. The maximum atomic E-state index is 4.83. The molecule has 0 saturated carbocycles. The molecule has 24 heavy (non-hydrogen) atoms. The van der Waals surface area contributed by atoms with Crippen LogP contribution in [-0.4, -0.2) is 39.0 Å². The Bertz CT molecular complexity index is 821. The minimum atomic E-state index is 0.374. The molecule has 3 aromatic rings. The summed E-state index contributed by atoms with van der Waals surface area (Å²) in [6.07, 6.45) is 4.48. The molecule has 2 N–H and O–H groups in total. The molecule has 0 spiro atoms. The Kier molecular flexibility index (Phi) is 4.06. The van der Waals surface area contributed by atoms with Crippen LogP contribution in [0.25, 0.3) is 17.1 Å². The predicted molar refractivity (Wildman–Crippen MR) is 92.8 cm³/mol. The van der Waals surface area contributed by atoms with Crippen LogP contribution in [0.4, 0.5) is 0 Å². The lowest BCUT2D eigenvalue weighted by Crippen LogP contribution is -2.27. The quantitative estimate of drug-likeness (QED) is 0.766. The minimum Gasteiger partial charge on any atom is -0.303 e. The zero-order valence-corrected chi connectivity index (χ0v) is 13.6. The Balaban J connectivity index is 1.77. The monoisotopic (exact) mass is 320 g/mol. The Morgan fingerprint density at radius 3 is 2.83 bits per heavy atom. The number of nitrogens with one attached hydrogen (secondary N) is 2. The molecule has 0 bridgehead atoms. The second-order valence-electron chi connectivity index (χ2n) is 6.03. The van der Waals surface area contributed by atoms with Crippen LogP contribution in [0.15, 0.2) is 48.8 Å². The maximum Gasteiger partial charge on any atom is 0.181 e. The average molecular weight is 320 g/mol. The summed E-state index contributed by atoms with van der Waals surface area (Å²) >= 11 is 0. The summed E-state index contributed by atoms with van der Waals surface area (Å²) in [5, 5.41) is 11.5. The zero-order chi connectivity index (χ0) is 16.4. The van der Waals surface area contributed by atoms with E-state index in [0.29, 0.717) is 6.04 Å². The summed E-state index contributed by atoms with van der Waals surface area (Å²) in [5.41, 5.74) is 3.14. The molecule has 6 heteroatoms. The third kappa shape index (κ3) is 2.93. The van der Waals surface area contributed by atoms with Crippen LogP contribution in [-0.2, 0) is 6.42 Å². The SMILES string of the molecule is Cc1cnccc1-n1nc(-c2ccccc2)nc1CC1CNCN1. The van der Waals surface area contributed by atoms with E-state index >= 15 is 0 Å². The van der Waals surface area contributed by atoms with Crippen LogP contribution >= 0.6 is 0 Å². The number of aromatic nitrogens is 4. The van der Waals surface area contributed by atoms with Gasteiger partial charge in [-0.15, -0.1) is 5.10 Å². The molecule has 2 aromatic heterocycles. The van der Waals surface area contributed by atoms with Crippen LogP contribution in [0, 0.1) is 6.92 Å². The fraction of sp³-hybridized carbons (Fsp3) is 0.278. The summed E-state index contributed by atoms with van der Waals surface area (Å²) < 4.78 is 1.96. The highest BCUT2D eigenvalue weighted by Gasteiger charge is 2.20. The Morgan fingerprint density at radius 2 is 2.08 bits per heavy atom. The molecule has 3 heterocycles. The number of rotatable bonds is 4. The molecule has 0 amide bonds. The molecule has 1 fully saturated rings. The Labute approximate surface area is 141 Å². The van der Waals surface area contributed by atoms with Gasteiger partial charge >= 0.3 is 0 Å².